The first-order valence-corrected chi connectivity index (χ1v) is 14.8. The molecular formula is C40H25FN4. The molecule has 2 aromatic heterocycles. The van der Waals surface area contributed by atoms with E-state index in [1.807, 2.05) is 36.4 Å². The Hall–Kier alpha value is -6.17. The summed E-state index contributed by atoms with van der Waals surface area (Å²) in [6, 6.07) is 41.8. The Morgan fingerprint density at radius 1 is 0.511 bits per heavy atom. The van der Waals surface area contributed by atoms with Gasteiger partial charge in [-0.15, -0.1) is 0 Å². The van der Waals surface area contributed by atoms with E-state index in [1.54, 1.807) is 12.1 Å². The molecule has 8 aromatic rings. The molecule has 212 valence electrons. The Morgan fingerprint density at radius 2 is 1.00 bits per heavy atom. The maximum Gasteiger partial charge on any atom is 0.132 e. The molecule has 0 amide bonds. The number of fused-ring (bicyclic) bond motifs is 6. The number of aryl methyl sites for hydroxylation is 2. The molecule has 4 nitrogen and oxygen atoms in total. The lowest BCUT2D eigenvalue weighted by Crippen LogP contribution is -2.06. The van der Waals surface area contributed by atoms with Crippen molar-refractivity contribution in [3.8, 4) is 34.6 Å². The van der Waals surface area contributed by atoms with Gasteiger partial charge in [-0.3, -0.25) is 0 Å². The van der Waals surface area contributed by atoms with Gasteiger partial charge in [0, 0.05) is 32.7 Å². The van der Waals surface area contributed by atoms with Crippen LogP contribution >= 0.6 is 0 Å². The van der Waals surface area contributed by atoms with Crippen LogP contribution in [0.3, 0.4) is 0 Å². The fourth-order valence-electron chi connectivity index (χ4n) is 6.78. The van der Waals surface area contributed by atoms with Crippen LogP contribution in [-0.2, 0) is 0 Å². The minimum atomic E-state index is -0.505. The van der Waals surface area contributed by atoms with E-state index in [0.717, 1.165) is 54.7 Å². The summed E-state index contributed by atoms with van der Waals surface area (Å²) in [7, 11) is 0. The summed E-state index contributed by atoms with van der Waals surface area (Å²) in [4.78, 5) is 0. The van der Waals surface area contributed by atoms with Gasteiger partial charge in [-0.2, -0.15) is 10.5 Å². The fraction of sp³-hybridized carbons (Fsp3) is 0.0500. The molecule has 0 spiro atoms. The van der Waals surface area contributed by atoms with E-state index in [9.17, 15) is 10.5 Å². The van der Waals surface area contributed by atoms with Crippen LogP contribution in [-0.4, -0.2) is 9.13 Å². The predicted molar refractivity (Wildman–Crippen MR) is 179 cm³/mol. The smallest absolute Gasteiger partial charge is 0.132 e. The molecule has 0 aliphatic rings. The van der Waals surface area contributed by atoms with Crippen LogP contribution in [0, 0.1) is 42.3 Å². The van der Waals surface area contributed by atoms with Crippen molar-refractivity contribution in [2.75, 3.05) is 0 Å². The number of rotatable bonds is 3. The first-order valence-electron chi connectivity index (χ1n) is 14.8. The minimum absolute atomic E-state index is 0.243. The minimum Gasteiger partial charge on any atom is -0.308 e. The summed E-state index contributed by atoms with van der Waals surface area (Å²) in [5.41, 5.74) is 9.11. The SMILES string of the molecule is Cc1ccc2c(c1)c1ccccc1n2-c1cc(C#N)cc(-n2c3ccccc3c3cc(C)ccc32)c1-c1ccc(C#N)cc1F. The molecular weight excluding hydrogens is 555 g/mol. The molecule has 8 rings (SSSR count). The fourth-order valence-corrected chi connectivity index (χ4v) is 6.78. The van der Waals surface area contributed by atoms with Gasteiger partial charge in [-0.05, 0) is 80.6 Å². The highest BCUT2D eigenvalue weighted by Gasteiger charge is 2.24. The molecule has 0 bridgehead atoms. The third-order valence-electron chi connectivity index (χ3n) is 8.73. The quantitative estimate of drug-likeness (QED) is 0.209. The molecule has 0 saturated carbocycles. The van der Waals surface area contributed by atoms with E-state index in [2.05, 4.69) is 95.8 Å². The van der Waals surface area contributed by atoms with Crippen molar-refractivity contribution in [1.29, 1.82) is 10.5 Å². The summed E-state index contributed by atoms with van der Waals surface area (Å²) in [5, 5.41) is 24.3. The average molecular weight is 581 g/mol. The maximum absolute atomic E-state index is 16.3. The lowest BCUT2D eigenvalue weighted by atomic mass is 9.96. The summed E-state index contributed by atoms with van der Waals surface area (Å²) >= 11 is 0. The first-order chi connectivity index (χ1) is 22.0. The van der Waals surface area contributed by atoms with Gasteiger partial charge in [0.25, 0.3) is 0 Å². The van der Waals surface area contributed by atoms with Crippen LogP contribution in [0.1, 0.15) is 22.3 Å². The predicted octanol–water partition coefficient (Wildman–Crippen LogP) is 10.0. The maximum atomic E-state index is 16.3. The van der Waals surface area contributed by atoms with Crippen molar-refractivity contribution in [1.82, 2.24) is 9.13 Å². The number of halogens is 1. The van der Waals surface area contributed by atoms with Crippen molar-refractivity contribution in [3.05, 3.63) is 143 Å². The van der Waals surface area contributed by atoms with Crippen LogP contribution in [0.2, 0.25) is 0 Å². The zero-order valence-corrected chi connectivity index (χ0v) is 24.6. The number of hydrogen-bond donors (Lipinski definition) is 0. The van der Waals surface area contributed by atoms with Crippen molar-refractivity contribution >= 4 is 43.6 Å². The summed E-state index contributed by atoms with van der Waals surface area (Å²) in [6.45, 7) is 4.14. The van der Waals surface area contributed by atoms with E-state index in [4.69, 9.17) is 0 Å². The number of nitrogens with zero attached hydrogens (tertiary/aromatic N) is 4. The van der Waals surface area contributed by atoms with Crippen LogP contribution in [0.5, 0.6) is 0 Å². The van der Waals surface area contributed by atoms with Gasteiger partial charge in [-0.1, -0.05) is 59.7 Å². The van der Waals surface area contributed by atoms with E-state index in [0.29, 0.717) is 28.1 Å². The van der Waals surface area contributed by atoms with Crippen molar-refractivity contribution in [2.45, 2.75) is 13.8 Å². The van der Waals surface area contributed by atoms with Gasteiger partial charge in [0.05, 0.1) is 56.7 Å². The molecule has 2 heterocycles. The number of para-hydroxylation sites is 2. The average Bonchev–Trinajstić information content (AvgIpc) is 3.56. The van der Waals surface area contributed by atoms with Crippen LogP contribution in [0.25, 0.3) is 66.1 Å². The Labute approximate surface area is 259 Å². The zero-order valence-electron chi connectivity index (χ0n) is 24.6. The highest BCUT2D eigenvalue weighted by molar-refractivity contribution is 6.12. The van der Waals surface area contributed by atoms with E-state index < -0.39 is 5.82 Å². The van der Waals surface area contributed by atoms with Gasteiger partial charge in [-0.25, -0.2) is 4.39 Å². The Kier molecular flexibility index (Phi) is 5.85. The van der Waals surface area contributed by atoms with Crippen molar-refractivity contribution < 1.29 is 4.39 Å². The topological polar surface area (TPSA) is 57.4 Å². The number of nitriles is 2. The van der Waals surface area contributed by atoms with Gasteiger partial charge < -0.3 is 9.13 Å². The summed E-state index contributed by atoms with van der Waals surface area (Å²) < 4.78 is 20.6. The van der Waals surface area contributed by atoms with E-state index in [1.165, 1.54) is 6.07 Å². The zero-order chi connectivity index (χ0) is 30.8. The Balaban J connectivity index is 1.61. The second-order valence-corrected chi connectivity index (χ2v) is 11.6. The molecule has 0 unspecified atom stereocenters. The summed E-state index contributed by atoms with van der Waals surface area (Å²) in [6.07, 6.45) is 0. The molecule has 0 aliphatic carbocycles. The largest absolute Gasteiger partial charge is 0.308 e. The molecule has 0 radical (unpaired) electrons. The monoisotopic (exact) mass is 580 g/mol. The van der Waals surface area contributed by atoms with Gasteiger partial charge in [0.2, 0.25) is 0 Å². The van der Waals surface area contributed by atoms with E-state index >= 15 is 4.39 Å². The Morgan fingerprint density at radius 3 is 1.49 bits per heavy atom. The highest BCUT2D eigenvalue weighted by atomic mass is 19.1. The third kappa shape index (κ3) is 3.95. The van der Waals surface area contributed by atoms with Gasteiger partial charge in [0.15, 0.2) is 0 Å². The van der Waals surface area contributed by atoms with Crippen LogP contribution in [0.4, 0.5) is 4.39 Å². The lowest BCUT2D eigenvalue weighted by Gasteiger charge is -2.21. The van der Waals surface area contributed by atoms with Gasteiger partial charge >= 0.3 is 0 Å². The molecule has 0 fully saturated rings. The molecule has 0 aliphatic heterocycles. The number of benzene rings is 6. The highest BCUT2D eigenvalue weighted by Crippen LogP contribution is 2.43. The first kappa shape index (κ1) is 26.5. The molecule has 45 heavy (non-hydrogen) atoms. The molecule has 0 saturated heterocycles. The van der Waals surface area contributed by atoms with Crippen molar-refractivity contribution in [3.63, 3.8) is 0 Å². The molecule has 0 N–H and O–H groups in total. The van der Waals surface area contributed by atoms with Gasteiger partial charge in [0.1, 0.15) is 5.82 Å². The molecule has 0 atom stereocenters. The second-order valence-electron chi connectivity index (χ2n) is 11.6. The normalized spacial score (nSPS) is 11.4. The second kappa shape index (κ2) is 9.95. The van der Waals surface area contributed by atoms with Crippen LogP contribution < -0.4 is 0 Å². The standard InChI is InChI=1S/C40H25FN4/c1-24-11-15-36-31(17-24)28-7-3-5-9-34(28)44(36)38-20-27(23-43)21-39(40(38)30-14-13-26(22-42)19-33(30)41)45-35-10-6-4-8-29(35)32-18-25(2)12-16-37(32)45/h3-21H,1-2H3. The lowest BCUT2D eigenvalue weighted by molar-refractivity contribution is 0.630. The van der Waals surface area contributed by atoms with Crippen LogP contribution in [0.15, 0.2) is 115 Å². The molecule has 6 aromatic carbocycles. The molecule has 5 heteroatoms. The third-order valence-corrected chi connectivity index (χ3v) is 8.73. The number of hydrogen-bond acceptors (Lipinski definition) is 2. The van der Waals surface area contributed by atoms with E-state index in [-0.39, 0.29) is 5.56 Å². The van der Waals surface area contributed by atoms with Crippen molar-refractivity contribution in [2.24, 2.45) is 0 Å². The number of aromatic nitrogens is 2. The Bertz CT molecular complexity index is 2460. The summed E-state index contributed by atoms with van der Waals surface area (Å²) in [5.74, 6) is -0.505.